The molecule has 0 saturated carbocycles. The van der Waals surface area contributed by atoms with Crippen LogP contribution in [0.1, 0.15) is 30.0 Å². The van der Waals surface area contributed by atoms with E-state index in [2.05, 4.69) is 31.3 Å². The van der Waals surface area contributed by atoms with Gasteiger partial charge in [0, 0.05) is 17.3 Å². The van der Waals surface area contributed by atoms with Gasteiger partial charge in [0.1, 0.15) is 5.58 Å². The number of fused-ring (bicyclic) bond motifs is 1. The van der Waals surface area contributed by atoms with Gasteiger partial charge in [-0.2, -0.15) is 0 Å². The van der Waals surface area contributed by atoms with Gasteiger partial charge in [-0.05, 0) is 17.7 Å². The standard InChI is InChI=1S/C19H19NO2/c1-19(2,15-9-4-3-5-10-15)13-20-18(21)17-12-14-8-6-7-11-16(14)22-17/h3-12H,13H2,1-2H3,(H,20,21). The van der Waals surface area contributed by atoms with Gasteiger partial charge in [-0.15, -0.1) is 0 Å². The van der Waals surface area contributed by atoms with Crippen LogP contribution in [0.2, 0.25) is 0 Å². The van der Waals surface area contributed by atoms with E-state index in [9.17, 15) is 4.79 Å². The number of amides is 1. The molecular weight excluding hydrogens is 274 g/mol. The molecule has 0 aliphatic carbocycles. The normalized spacial score (nSPS) is 11.5. The molecule has 3 aromatic rings. The fourth-order valence-corrected chi connectivity index (χ4v) is 2.47. The Balaban J connectivity index is 1.72. The molecule has 1 amide bonds. The summed E-state index contributed by atoms with van der Waals surface area (Å²) in [5.41, 5.74) is 1.79. The van der Waals surface area contributed by atoms with Crippen LogP contribution in [0, 0.1) is 0 Å². The highest BCUT2D eigenvalue weighted by Crippen LogP contribution is 2.22. The second-order valence-corrected chi connectivity index (χ2v) is 6.08. The predicted octanol–water partition coefficient (Wildman–Crippen LogP) is 4.14. The van der Waals surface area contributed by atoms with Gasteiger partial charge in [0.25, 0.3) is 5.91 Å². The fraction of sp³-hybridized carbons (Fsp3) is 0.211. The quantitative estimate of drug-likeness (QED) is 0.785. The molecule has 2 aromatic carbocycles. The van der Waals surface area contributed by atoms with Crippen molar-refractivity contribution in [1.29, 1.82) is 0 Å². The Hall–Kier alpha value is -2.55. The molecule has 1 N–H and O–H groups in total. The first-order valence-corrected chi connectivity index (χ1v) is 7.38. The number of rotatable bonds is 4. The second kappa shape index (κ2) is 5.68. The van der Waals surface area contributed by atoms with Crippen LogP contribution < -0.4 is 5.32 Å². The number of nitrogens with one attached hydrogen (secondary N) is 1. The minimum absolute atomic E-state index is 0.136. The van der Waals surface area contributed by atoms with Crippen LogP contribution in [0.5, 0.6) is 0 Å². The summed E-state index contributed by atoms with van der Waals surface area (Å²) in [6, 6.07) is 19.6. The molecule has 0 bridgehead atoms. The number of carbonyl (C=O) groups excluding carboxylic acids is 1. The summed E-state index contributed by atoms with van der Waals surface area (Å²) in [7, 11) is 0. The molecule has 0 radical (unpaired) electrons. The molecule has 1 aromatic heterocycles. The SMILES string of the molecule is CC(C)(CNC(=O)c1cc2ccccc2o1)c1ccccc1. The second-order valence-electron chi connectivity index (χ2n) is 6.08. The number of benzene rings is 2. The number of carbonyl (C=O) groups is 1. The van der Waals surface area contributed by atoms with Crippen molar-refractivity contribution in [1.82, 2.24) is 5.32 Å². The largest absolute Gasteiger partial charge is 0.451 e. The zero-order valence-electron chi connectivity index (χ0n) is 12.8. The Morgan fingerprint density at radius 1 is 1.05 bits per heavy atom. The van der Waals surface area contributed by atoms with Gasteiger partial charge in [-0.3, -0.25) is 4.79 Å². The molecule has 0 aliphatic heterocycles. The summed E-state index contributed by atoms with van der Waals surface area (Å²) in [6.07, 6.45) is 0. The number of furan rings is 1. The van der Waals surface area contributed by atoms with Crippen molar-refractivity contribution < 1.29 is 9.21 Å². The van der Waals surface area contributed by atoms with Gasteiger partial charge in [0.15, 0.2) is 5.76 Å². The van der Waals surface area contributed by atoms with E-state index in [1.807, 2.05) is 42.5 Å². The molecule has 0 atom stereocenters. The Labute approximate surface area is 130 Å². The maximum Gasteiger partial charge on any atom is 0.287 e. The first kappa shape index (κ1) is 14.4. The van der Waals surface area contributed by atoms with Crippen LogP contribution in [0.15, 0.2) is 65.1 Å². The van der Waals surface area contributed by atoms with Crippen LogP contribution in [-0.2, 0) is 5.41 Å². The van der Waals surface area contributed by atoms with Gasteiger partial charge in [-0.1, -0.05) is 62.4 Å². The van der Waals surface area contributed by atoms with Gasteiger partial charge in [0.2, 0.25) is 0 Å². The Bertz CT molecular complexity index is 754. The summed E-state index contributed by atoms with van der Waals surface area (Å²) < 4.78 is 5.59. The molecule has 0 fully saturated rings. The number of para-hydroxylation sites is 1. The third-order valence-electron chi connectivity index (χ3n) is 3.90. The topological polar surface area (TPSA) is 42.2 Å². The highest BCUT2D eigenvalue weighted by atomic mass is 16.3. The van der Waals surface area contributed by atoms with E-state index in [1.54, 1.807) is 6.07 Å². The van der Waals surface area contributed by atoms with Crippen LogP contribution in [0.25, 0.3) is 11.0 Å². The van der Waals surface area contributed by atoms with Gasteiger partial charge in [-0.25, -0.2) is 0 Å². The van der Waals surface area contributed by atoms with E-state index in [1.165, 1.54) is 5.56 Å². The van der Waals surface area contributed by atoms with E-state index in [4.69, 9.17) is 4.42 Å². The van der Waals surface area contributed by atoms with Crippen molar-refractivity contribution in [3.8, 4) is 0 Å². The molecule has 1 heterocycles. The Kier molecular flexibility index (Phi) is 3.72. The Morgan fingerprint density at radius 2 is 1.73 bits per heavy atom. The zero-order chi connectivity index (χ0) is 15.6. The first-order valence-electron chi connectivity index (χ1n) is 7.38. The molecule has 112 valence electrons. The van der Waals surface area contributed by atoms with Crippen LogP contribution in [0.3, 0.4) is 0 Å². The molecule has 0 saturated heterocycles. The average molecular weight is 293 g/mol. The molecule has 22 heavy (non-hydrogen) atoms. The van der Waals surface area contributed by atoms with Crippen molar-refractivity contribution in [2.24, 2.45) is 0 Å². The van der Waals surface area contributed by atoms with Crippen molar-refractivity contribution in [3.05, 3.63) is 72.0 Å². The lowest BCUT2D eigenvalue weighted by molar-refractivity contribution is 0.0920. The van der Waals surface area contributed by atoms with E-state index in [-0.39, 0.29) is 11.3 Å². The third-order valence-corrected chi connectivity index (χ3v) is 3.90. The predicted molar refractivity (Wildman–Crippen MR) is 88.0 cm³/mol. The summed E-state index contributed by atoms with van der Waals surface area (Å²) in [5.74, 6) is 0.172. The summed E-state index contributed by atoms with van der Waals surface area (Å²) in [5, 5.41) is 3.91. The highest BCUT2D eigenvalue weighted by molar-refractivity contribution is 5.96. The summed E-state index contributed by atoms with van der Waals surface area (Å²) in [4.78, 5) is 12.3. The highest BCUT2D eigenvalue weighted by Gasteiger charge is 2.22. The minimum atomic E-state index is -0.180. The maximum atomic E-state index is 12.3. The Morgan fingerprint density at radius 3 is 2.45 bits per heavy atom. The maximum absolute atomic E-state index is 12.3. The van der Waals surface area contributed by atoms with Gasteiger partial charge < -0.3 is 9.73 Å². The number of hydrogen-bond donors (Lipinski definition) is 1. The van der Waals surface area contributed by atoms with Crippen LogP contribution in [-0.4, -0.2) is 12.5 Å². The molecule has 0 unspecified atom stereocenters. The van der Waals surface area contributed by atoms with E-state index in [0.29, 0.717) is 12.3 Å². The van der Waals surface area contributed by atoms with Crippen molar-refractivity contribution in [3.63, 3.8) is 0 Å². The lowest BCUT2D eigenvalue weighted by Crippen LogP contribution is -2.36. The summed E-state index contributed by atoms with van der Waals surface area (Å²) in [6.45, 7) is 4.77. The van der Waals surface area contributed by atoms with E-state index >= 15 is 0 Å². The molecular formula is C19H19NO2. The average Bonchev–Trinajstić information content (AvgIpc) is 2.98. The number of hydrogen-bond acceptors (Lipinski definition) is 2. The van der Waals surface area contributed by atoms with Crippen LogP contribution >= 0.6 is 0 Å². The lowest BCUT2D eigenvalue weighted by Gasteiger charge is -2.25. The summed E-state index contributed by atoms with van der Waals surface area (Å²) >= 11 is 0. The zero-order valence-corrected chi connectivity index (χ0v) is 12.8. The molecule has 0 aliphatic rings. The van der Waals surface area contributed by atoms with Crippen molar-refractivity contribution >= 4 is 16.9 Å². The minimum Gasteiger partial charge on any atom is -0.451 e. The smallest absolute Gasteiger partial charge is 0.287 e. The van der Waals surface area contributed by atoms with E-state index in [0.717, 1.165) is 11.0 Å². The molecule has 3 heteroatoms. The third kappa shape index (κ3) is 2.89. The molecule has 3 rings (SSSR count). The fourth-order valence-electron chi connectivity index (χ4n) is 2.47. The first-order chi connectivity index (χ1) is 10.6. The van der Waals surface area contributed by atoms with Gasteiger partial charge >= 0.3 is 0 Å². The molecule has 3 nitrogen and oxygen atoms in total. The monoisotopic (exact) mass is 293 g/mol. The van der Waals surface area contributed by atoms with Crippen molar-refractivity contribution in [2.45, 2.75) is 19.3 Å². The van der Waals surface area contributed by atoms with Gasteiger partial charge in [0.05, 0.1) is 0 Å². The van der Waals surface area contributed by atoms with Crippen molar-refractivity contribution in [2.75, 3.05) is 6.54 Å². The van der Waals surface area contributed by atoms with Crippen LogP contribution in [0.4, 0.5) is 0 Å². The van der Waals surface area contributed by atoms with E-state index < -0.39 is 0 Å². The molecule has 0 spiro atoms. The lowest BCUT2D eigenvalue weighted by atomic mass is 9.84.